The quantitative estimate of drug-likeness (QED) is 0.549. The molecule has 1 amide bonds. The summed E-state index contributed by atoms with van der Waals surface area (Å²) in [6, 6.07) is 0. The minimum Gasteiger partial charge on any atom is -0.396 e. The van der Waals surface area contributed by atoms with Crippen LogP contribution < -0.4 is 11.5 Å². The van der Waals surface area contributed by atoms with Gasteiger partial charge in [-0.05, 0) is 18.6 Å². The predicted octanol–water partition coefficient (Wildman–Crippen LogP) is -0.449. The van der Waals surface area contributed by atoms with E-state index in [-0.39, 0.29) is 12.5 Å². The van der Waals surface area contributed by atoms with Crippen LogP contribution in [0, 0.1) is 5.92 Å². The van der Waals surface area contributed by atoms with Gasteiger partial charge in [0.15, 0.2) is 0 Å². The van der Waals surface area contributed by atoms with Crippen LogP contribution in [0.1, 0.15) is 13.8 Å². The summed E-state index contributed by atoms with van der Waals surface area (Å²) in [5.74, 6) is 1.02. The van der Waals surface area contributed by atoms with Gasteiger partial charge in [0.1, 0.15) is 5.54 Å². The minimum absolute atomic E-state index is 0.158. The van der Waals surface area contributed by atoms with E-state index in [2.05, 4.69) is 0 Å². The molecule has 2 unspecified atom stereocenters. The number of thioether (sulfide) groups is 1. The van der Waals surface area contributed by atoms with Crippen LogP contribution >= 0.6 is 11.8 Å². The Morgan fingerprint density at radius 3 is 2.62 bits per heavy atom. The predicted molar refractivity (Wildman–Crippen MR) is 55.4 cm³/mol. The third-order valence-corrected chi connectivity index (χ3v) is 3.29. The lowest BCUT2D eigenvalue weighted by Crippen LogP contribution is -2.51. The molecule has 0 aliphatic carbocycles. The maximum absolute atomic E-state index is 10.8. The van der Waals surface area contributed by atoms with Crippen molar-refractivity contribution in [2.45, 2.75) is 19.4 Å². The lowest BCUT2D eigenvalue weighted by atomic mass is 10.1. The lowest BCUT2D eigenvalue weighted by Gasteiger charge is -2.20. The highest BCUT2D eigenvalue weighted by molar-refractivity contribution is 7.99. The molecular weight excluding hydrogens is 188 g/mol. The van der Waals surface area contributed by atoms with Gasteiger partial charge >= 0.3 is 0 Å². The number of rotatable bonds is 6. The summed E-state index contributed by atoms with van der Waals surface area (Å²) >= 11 is 1.54. The van der Waals surface area contributed by atoms with Gasteiger partial charge in [-0.15, -0.1) is 0 Å². The summed E-state index contributed by atoms with van der Waals surface area (Å²) in [5, 5.41) is 8.74. The van der Waals surface area contributed by atoms with Crippen LogP contribution in [0.4, 0.5) is 0 Å². The van der Waals surface area contributed by atoms with Gasteiger partial charge in [0, 0.05) is 12.4 Å². The van der Waals surface area contributed by atoms with Gasteiger partial charge < -0.3 is 16.6 Å². The first-order valence-electron chi connectivity index (χ1n) is 4.17. The largest absolute Gasteiger partial charge is 0.396 e. The van der Waals surface area contributed by atoms with Crippen LogP contribution in [-0.2, 0) is 4.79 Å². The summed E-state index contributed by atoms with van der Waals surface area (Å²) < 4.78 is 0. The topological polar surface area (TPSA) is 89.3 Å². The van der Waals surface area contributed by atoms with E-state index in [1.54, 1.807) is 6.92 Å². The van der Waals surface area contributed by atoms with Crippen molar-refractivity contribution in [1.82, 2.24) is 0 Å². The molecule has 0 fully saturated rings. The van der Waals surface area contributed by atoms with Gasteiger partial charge in [0.25, 0.3) is 0 Å². The Kier molecular flexibility index (Phi) is 5.36. The molecule has 13 heavy (non-hydrogen) atoms. The Morgan fingerprint density at radius 2 is 2.23 bits per heavy atom. The third-order valence-electron chi connectivity index (χ3n) is 1.68. The first kappa shape index (κ1) is 12.7. The first-order chi connectivity index (χ1) is 5.90. The zero-order valence-electron chi connectivity index (χ0n) is 8.12. The van der Waals surface area contributed by atoms with Crippen LogP contribution in [0.2, 0.25) is 0 Å². The van der Waals surface area contributed by atoms with Gasteiger partial charge in [-0.2, -0.15) is 11.8 Å². The molecule has 0 radical (unpaired) electrons. The number of nitrogens with two attached hydrogens (primary N) is 2. The van der Waals surface area contributed by atoms with Crippen molar-refractivity contribution in [3.63, 3.8) is 0 Å². The molecule has 0 bridgehead atoms. The number of carbonyl (C=O) groups excluding carboxylic acids is 1. The molecule has 0 aromatic carbocycles. The molecule has 0 aliphatic rings. The van der Waals surface area contributed by atoms with Crippen LogP contribution in [-0.4, -0.2) is 34.7 Å². The van der Waals surface area contributed by atoms with Crippen molar-refractivity contribution in [2.75, 3.05) is 18.1 Å². The molecule has 0 saturated heterocycles. The van der Waals surface area contributed by atoms with Gasteiger partial charge in [-0.3, -0.25) is 4.79 Å². The number of carbonyl (C=O) groups is 1. The average molecular weight is 206 g/mol. The molecule has 0 aliphatic heterocycles. The van der Waals surface area contributed by atoms with Crippen LogP contribution in [0.25, 0.3) is 0 Å². The van der Waals surface area contributed by atoms with Crippen molar-refractivity contribution in [1.29, 1.82) is 0 Å². The van der Waals surface area contributed by atoms with Crippen molar-refractivity contribution < 1.29 is 9.90 Å². The van der Waals surface area contributed by atoms with E-state index >= 15 is 0 Å². The van der Waals surface area contributed by atoms with Gasteiger partial charge in [-0.25, -0.2) is 0 Å². The molecule has 0 spiro atoms. The van der Waals surface area contributed by atoms with E-state index in [4.69, 9.17) is 16.6 Å². The number of hydrogen-bond donors (Lipinski definition) is 3. The van der Waals surface area contributed by atoms with E-state index in [1.807, 2.05) is 6.92 Å². The number of primary amides is 1. The minimum atomic E-state index is -0.945. The van der Waals surface area contributed by atoms with Crippen molar-refractivity contribution in [3.8, 4) is 0 Å². The van der Waals surface area contributed by atoms with Crippen molar-refractivity contribution >= 4 is 17.7 Å². The van der Waals surface area contributed by atoms with E-state index in [9.17, 15) is 4.79 Å². The van der Waals surface area contributed by atoms with Gasteiger partial charge in [-0.1, -0.05) is 6.92 Å². The first-order valence-corrected chi connectivity index (χ1v) is 5.33. The Balaban J connectivity index is 3.70. The summed E-state index contributed by atoms with van der Waals surface area (Å²) in [4.78, 5) is 10.8. The third kappa shape index (κ3) is 5.13. The zero-order valence-corrected chi connectivity index (χ0v) is 8.93. The number of aliphatic hydroxyl groups excluding tert-OH is 1. The maximum Gasteiger partial charge on any atom is 0.238 e. The number of hydrogen-bond acceptors (Lipinski definition) is 4. The van der Waals surface area contributed by atoms with Crippen molar-refractivity contribution in [3.05, 3.63) is 0 Å². The maximum atomic E-state index is 10.8. The monoisotopic (exact) mass is 206 g/mol. The second-order valence-electron chi connectivity index (χ2n) is 3.58. The lowest BCUT2D eigenvalue weighted by molar-refractivity contribution is -0.121. The van der Waals surface area contributed by atoms with Gasteiger partial charge in [0.2, 0.25) is 5.91 Å². The Bertz CT molecular complexity index is 174. The highest BCUT2D eigenvalue weighted by Gasteiger charge is 2.25. The molecule has 2 atom stereocenters. The van der Waals surface area contributed by atoms with Crippen molar-refractivity contribution in [2.24, 2.45) is 17.4 Å². The highest BCUT2D eigenvalue weighted by atomic mass is 32.2. The molecule has 0 heterocycles. The molecule has 78 valence electrons. The Labute approximate surface area is 83.1 Å². The molecule has 5 heteroatoms. The van der Waals surface area contributed by atoms with E-state index in [0.29, 0.717) is 5.75 Å². The molecule has 0 rings (SSSR count). The van der Waals surface area contributed by atoms with Gasteiger partial charge in [0.05, 0.1) is 0 Å². The normalized spacial score (nSPS) is 17.8. The number of aliphatic hydroxyl groups is 1. The zero-order chi connectivity index (χ0) is 10.5. The Morgan fingerprint density at radius 1 is 1.69 bits per heavy atom. The SMILES string of the molecule is CC(CO)CSCC(C)(N)C(N)=O. The van der Waals surface area contributed by atoms with Crippen LogP contribution in [0.5, 0.6) is 0 Å². The second-order valence-corrected chi connectivity index (χ2v) is 4.61. The molecule has 5 N–H and O–H groups in total. The smallest absolute Gasteiger partial charge is 0.238 e. The fraction of sp³-hybridized carbons (Fsp3) is 0.875. The molecular formula is C8H18N2O2S. The highest BCUT2D eigenvalue weighted by Crippen LogP contribution is 2.13. The van der Waals surface area contributed by atoms with Crippen LogP contribution in [0.3, 0.4) is 0 Å². The van der Waals surface area contributed by atoms with E-state index < -0.39 is 11.4 Å². The Hall–Kier alpha value is -0.260. The standard InChI is InChI=1S/C8H18N2O2S/c1-6(3-11)4-13-5-8(2,10)7(9)12/h6,11H,3-5,10H2,1-2H3,(H2,9,12). The van der Waals surface area contributed by atoms with E-state index in [1.165, 1.54) is 11.8 Å². The van der Waals surface area contributed by atoms with Crippen LogP contribution in [0.15, 0.2) is 0 Å². The fourth-order valence-corrected chi connectivity index (χ4v) is 1.79. The summed E-state index contributed by atoms with van der Waals surface area (Å²) in [7, 11) is 0. The molecule has 0 aromatic heterocycles. The summed E-state index contributed by atoms with van der Waals surface area (Å²) in [6.07, 6.45) is 0. The summed E-state index contributed by atoms with van der Waals surface area (Å²) in [5.41, 5.74) is 9.78. The molecule has 4 nitrogen and oxygen atoms in total. The second kappa shape index (κ2) is 5.47. The van der Waals surface area contributed by atoms with E-state index in [0.717, 1.165) is 5.75 Å². The fourth-order valence-electron chi connectivity index (χ4n) is 0.596. The average Bonchev–Trinajstić information content (AvgIpc) is 2.03. The molecule has 0 saturated carbocycles. The molecule has 0 aromatic rings. The summed E-state index contributed by atoms with van der Waals surface area (Å²) in [6.45, 7) is 3.71. The number of amides is 1.